The third kappa shape index (κ3) is 9.04. The highest BCUT2D eigenvalue weighted by atomic mass is 32.2. The minimum atomic E-state index is -0.611. The summed E-state index contributed by atoms with van der Waals surface area (Å²) in [5.41, 5.74) is 6.32. The Balaban J connectivity index is 0.00000107. The van der Waals surface area contributed by atoms with Gasteiger partial charge in [-0.05, 0) is 74.6 Å². The summed E-state index contributed by atoms with van der Waals surface area (Å²) in [7, 11) is -0.611. The Morgan fingerprint density at radius 1 is 0.896 bits per heavy atom. The third-order valence-electron chi connectivity index (χ3n) is 8.10. The number of thiazole rings is 1. The molecule has 9 heteroatoms. The second kappa shape index (κ2) is 16.3. The van der Waals surface area contributed by atoms with Crippen LogP contribution >= 0.6 is 23.6 Å². The van der Waals surface area contributed by atoms with Crippen LogP contribution in [0.15, 0.2) is 102 Å². The van der Waals surface area contributed by atoms with Gasteiger partial charge in [-0.1, -0.05) is 90.1 Å². The monoisotopic (exact) mass is 697 g/mol. The van der Waals surface area contributed by atoms with Crippen LogP contribution in [0.4, 0.5) is 15.8 Å². The van der Waals surface area contributed by atoms with Gasteiger partial charge in [-0.2, -0.15) is 0 Å². The van der Waals surface area contributed by atoms with Gasteiger partial charge < -0.3 is 10.2 Å². The van der Waals surface area contributed by atoms with Crippen molar-refractivity contribution in [3.05, 3.63) is 145 Å². The first-order chi connectivity index (χ1) is 23.1. The summed E-state index contributed by atoms with van der Waals surface area (Å²) >= 11 is 7.04. The molecule has 1 aromatic heterocycles. The Labute approximate surface area is 293 Å². The zero-order valence-corrected chi connectivity index (χ0v) is 30.1. The summed E-state index contributed by atoms with van der Waals surface area (Å²) in [5, 5.41) is 3.26. The molecule has 4 aromatic carbocycles. The van der Waals surface area contributed by atoms with Crippen LogP contribution in [0.2, 0.25) is 0 Å². The van der Waals surface area contributed by atoms with Crippen molar-refractivity contribution in [1.82, 2.24) is 4.57 Å². The molecule has 0 amide bonds. The van der Waals surface area contributed by atoms with E-state index in [2.05, 4.69) is 34.5 Å². The highest BCUT2D eigenvalue weighted by Gasteiger charge is 2.24. The van der Waals surface area contributed by atoms with E-state index in [1.165, 1.54) is 23.0 Å². The van der Waals surface area contributed by atoms with Crippen LogP contribution in [0.25, 0.3) is 17.8 Å². The van der Waals surface area contributed by atoms with Crippen molar-refractivity contribution in [2.24, 2.45) is 0 Å². The summed E-state index contributed by atoms with van der Waals surface area (Å²) in [6, 6.07) is 31.5. The highest BCUT2D eigenvalue weighted by Crippen LogP contribution is 2.33. The maximum atomic E-state index is 15.5. The third-order valence-corrected chi connectivity index (χ3v) is 9.34. The molecule has 0 radical (unpaired) electrons. The van der Waals surface area contributed by atoms with Gasteiger partial charge in [0.1, 0.15) is 15.5 Å². The van der Waals surface area contributed by atoms with E-state index in [0.29, 0.717) is 31.4 Å². The summed E-state index contributed by atoms with van der Waals surface area (Å²) in [5.74, 6) is 0.184. The highest BCUT2D eigenvalue weighted by molar-refractivity contribution is 7.83. The van der Waals surface area contributed by atoms with E-state index in [1.807, 2.05) is 86.7 Å². The number of hydrogen-bond donors (Lipinski definition) is 1. The van der Waals surface area contributed by atoms with Gasteiger partial charge in [-0.25, -0.2) is 4.39 Å². The molecule has 0 aliphatic carbocycles. The molecular formula is C39H40FN3O2S3. The lowest BCUT2D eigenvalue weighted by atomic mass is 9.89. The molecule has 0 spiro atoms. The van der Waals surface area contributed by atoms with Crippen molar-refractivity contribution in [2.75, 3.05) is 35.8 Å². The van der Waals surface area contributed by atoms with Gasteiger partial charge in [0.05, 0.1) is 15.9 Å². The Hall–Kier alpha value is -4.18. The fraction of sp³-hybridized carbons (Fsp3) is 0.231. The molecule has 0 atom stereocenters. The van der Waals surface area contributed by atoms with E-state index in [4.69, 9.17) is 12.2 Å². The normalized spacial score (nSPS) is 14.2. The molecule has 1 N–H and O–H groups in total. The van der Waals surface area contributed by atoms with Crippen LogP contribution in [0.5, 0.6) is 0 Å². The van der Waals surface area contributed by atoms with Crippen molar-refractivity contribution >= 4 is 62.9 Å². The second-order valence-corrected chi connectivity index (χ2v) is 15.0. The van der Waals surface area contributed by atoms with Crippen LogP contribution in [-0.2, 0) is 10.8 Å². The predicted molar refractivity (Wildman–Crippen MR) is 206 cm³/mol. The number of thiocarbonyl (C=S) groups is 1. The number of halogens is 1. The lowest BCUT2D eigenvalue weighted by molar-refractivity contribution is 0.497. The van der Waals surface area contributed by atoms with E-state index < -0.39 is 10.8 Å². The number of para-hydroxylation sites is 1. The molecular weight excluding hydrogens is 658 g/mol. The minimum absolute atomic E-state index is 0.166. The molecule has 5 aromatic rings. The van der Waals surface area contributed by atoms with Gasteiger partial charge in [-0.15, -0.1) is 11.3 Å². The van der Waals surface area contributed by atoms with Crippen LogP contribution in [-0.4, -0.2) is 39.4 Å². The number of aryl methyl sites for hydroxylation is 2. The first-order valence-electron chi connectivity index (χ1n) is 15.8. The Kier molecular flexibility index (Phi) is 11.9. The number of rotatable bonds is 6. The van der Waals surface area contributed by atoms with E-state index in [-0.39, 0.29) is 11.4 Å². The topological polar surface area (TPSA) is 54.3 Å². The lowest BCUT2D eigenvalue weighted by Gasteiger charge is -2.35. The molecule has 248 valence electrons. The molecule has 1 saturated heterocycles. The van der Waals surface area contributed by atoms with Gasteiger partial charge in [0, 0.05) is 53.7 Å². The summed E-state index contributed by atoms with van der Waals surface area (Å²) < 4.78 is 27.9. The Morgan fingerprint density at radius 3 is 2.12 bits per heavy atom. The number of piperidine rings is 1. The summed E-state index contributed by atoms with van der Waals surface area (Å²) in [4.78, 5) is 16.6. The fourth-order valence-electron chi connectivity index (χ4n) is 5.75. The van der Waals surface area contributed by atoms with Gasteiger partial charge in [0.25, 0.3) is 5.56 Å². The molecule has 1 aliphatic heterocycles. The predicted octanol–water partition coefficient (Wildman–Crippen LogP) is 7.08. The lowest BCUT2D eigenvalue weighted by Crippen LogP contribution is -2.34. The van der Waals surface area contributed by atoms with Crippen LogP contribution in [0, 0.1) is 19.7 Å². The Morgan fingerprint density at radius 2 is 1.50 bits per heavy atom. The molecule has 6 rings (SSSR count). The SMILES string of the molecule is CS(C)=O.Cc1ccc(NC(=S)/C=c2\s/c(=C\c3cccc(F)c3N3CCC(c4ccccc4)CC3)c(=O)n2-c2ccc(C)cc2)cc1. The number of aromatic nitrogens is 1. The van der Waals surface area contributed by atoms with E-state index in [9.17, 15) is 9.00 Å². The Bertz CT molecular complexity index is 2060. The molecule has 0 bridgehead atoms. The number of nitrogens with zero attached hydrogens (tertiary/aromatic N) is 2. The van der Waals surface area contributed by atoms with E-state index in [0.717, 1.165) is 48.4 Å². The number of anilines is 2. The first-order valence-corrected chi connectivity index (χ1v) is 19.0. The van der Waals surface area contributed by atoms with Gasteiger partial charge in [0.15, 0.2) is 0 Å². The summed E-state index contributed by atoms with van der Waals surface area (Å²) in [6.07, 6.45) is 8.82. The van der Waals surface area contributed by atoms with Crippen molar-refractivity contribution in [3.8, 4) is 5.69 Å². The molecule has 48 heavy (non-hydrogen) atoms. The van der Waals surface area contributed by atoms with Crippen molar-refractivity contribution in [3.63, 3.8) is 0 Å². The fourth-order valence-corrected chi connectivity index (χ4v) is 7.10. The van der Waals surface area contributed by atoms with Crippen LogP contribution in [0.3, 0.4) is 0 Å². The van der Waals surface area contributed by atoms with Gasteiger partial charge >= 0.3 is 0 Å². The maximum absolute atomic E-state index is 15.5. The molecule has 0 unspecified atom stereocenters. The van der Waals surface area contributed by atoms with Crippen molar-refractivity contribution in [2.45, 2.75) is 32.6 Å². The zero-order chi connectivity index (χ0) is 34.2. The maximum Gasteiger partial charge on any atom is 0.273 e. The van der Waals surface area contributed by atoms with E-state index >= 15 is 4.39 Å². The van der Waals surface area contributed by atoms with Crippen LogP contribution in [0.1, 0.15) is 41.0 Å². The first kappa shape index (κ1) is 35.1. The van der Waals surface area contributed by atoms with Gasteiger partial charge in [-0.3, -0.25) is 13.6 Å². The zero-order valence-electron chi connectivity index (χ0n) is 27.6. The quantitative estimate of drug-likeness (QED) is 0.192. The van der Waals surface area contributed by atoms with Crippen LogP contribution < -0.4 is 25.0 Å². The second-order valence-electron chi connectivity index (χ2n) is 12.0. The average Bonchev–Trinajstić information content (AvgIpc) is 3.36. The largest absolute Gasteiger partial charge is 0.369 e. The van der Waals surface area contributed by atoms with Crippen molar-refractivity contribution in [1.29, 1.82) is 0 Å². The number of nitrogens with one attached hydrogen (secondary N) is 1. The standard InChI is InChI=1S/C37H34FN3OS2.C2H6OS/c1-25-11-15-30(16-12-25)39-34(43)24-35-41(31-17-13-26(2)14-18-31)37(42)33(44-35)23-29-9-6-10-32(38)36(29)40-21-19-28(20-22-40)27-7-4-3-5-8-27;1-4(2)3/h3-18,23-24,28H,19-22H2,1-2H3,(H,39,43);1-2H3/b33-23-,35-24-;. The van der Waals surface area contributed by atoms with Crippen molar-refractivity contribution < 1.29 is 8.60 Å². The number of hydrogen-bond acceptors (Lipinski definition) is 5. The van der Waals surface area contributed by atoms with E-state index in [1.54, 1.807) is 23.1 Å². The summed E-state index contributed by atoms with van der Waals surface area (Å²) in [6.45, 7) is 5.55. The molecule has 1 fully saturated rings. The average molecular weight is 698 g/mol. The molecule has 1 aliphatic rings. The smallest absolute Gasteiger partial charge is 0.273 e. The van der Waals surface area contributed by atoms with Gasteiger partial charge in [0.2, 0.25) is 0 Å². The molecule has 5 nitrogen and oxygen atoms in total. The molecule has 0 saturated carbocycles. The number of benzene rings is 4. The minimum Gasteiger partial charge on any atom is -0.369 e. The molecule has 2 heterocycles.